The van der Waals surface area contributed by atoms with Gasteiger partial charge in [0, 0.05) is 25.4 Å². The van der Waals surface area contributed by atoms with Crippen LogP contribution < -0.4 is 0 Å². The first-order chi connectivity index (χ1) is 10.2. The van der Waals surface area contributed by atoms with Crippen molar-refractivity contribution in [3.8, 4) is 0 Å². The maximum absolute atomic E-state index is 5.97. The van der Waals surface area contributed by atoms with Crippen LogP contribution in [0, 0.1) is 12.8 Å². The van der Waals surface area contributed by atoms with Crippen molar-refractivity contribution < 1.29 is 0 Å². The topological polar surface area (TPSA) is 21.1 Å². The van der Waals surface area contributed by atoms with E-state index in [1.807, 2.05) is 0 Å². The van der Waals surface area contributed by atoms with Crippen LogP contribution in [0.3, 0.4) is 0 Å². The summed E-state index contributed by atoms with van der Waals surface area (Å²) in [6.45, 7) is 5.63. The molecule has 0 aliphatic carbocycles. The Bertz CT molecular complexity index is 620. The van der Waals surface area contributed by atoms with E-state index in [2.05, 4.69) is 41.6 Å². The van der Waals surface area contributed by atoms with Crippen LogP contribution in [0.2, 0.25) is 0 Å². The van der Waals surface area contributed by atoms with Crippen LogP contribution in [-0.2, 0) is 13.0 Å². The van der Waals surface area contributed by atoms with Crippen LogP contribution in [0.5, 0.6) is 0 Å². The van der Waals surface area contributed by atoms with E-state index < -0.39 is 0 Å². The molecule has 4 heteroatoms. The van der Waals surface area contributed by atoms with E-state index >= 15 is 0 Å². The molecule has 0 spiro atoms. The largest absolute Gasteiger partial charge is 0.328 e. The zero-order valence-electron chi connectivity index (χ0n) is 13.0. The van der Waals surface area contributed by atoms with Gasteiger partial charge in [-0.1, -0.05) is 6.07 Å². The number of nitrogens with zero attached hydrogens (tertiary/aromatic N) is 3. The third-order valence-electron chi connectivity index (χ3n) is 4.46. The molecule has 3 rings (SSSR count). The molecule has 0 N–H and O–H groups in total. The molecule has 3 nitrogen and oxygen atoms in total. The van der Waals surface area contributed by atoms with E-state index in [4.69, 9.17) is 16.6 Å². The molecule has 21 heavy (non-hydrogen) atoms. The van der Waals surface area contributed by atoms with E-state index in [0.717, 1.165) is 30.2 Å². The summed E-state index contributed by atoms with van der Waals surface area (Å²) in [6.07, 6.45) is 3.46. The molecule has 1 saturated heterocycles. The molecule has 0 saturated carbocycles. The lowest BCUT2D eigenvalue weighted by molar-refractivity contribution is 0.194. The van der Waals surface area contributed by atoms with Gasteiger partial charge in [-0.05, 0) is 57.0 Å². The summed E-state index contributed by atoms with van der Waals surface area (Å²) in [5.41, 5.74) is 3.66. The molecule has 114 valence electrons. The quantitative estimate of drug-likeness (QED) is 0.807. The molecule has 1 aromatic heterocycles. The van der Waals surface area contributed by atoms with E-state index in [0.29, 0.717) is 5.88 Å². The van der Waals surface area contributed by atoms with Gasteiger partial charge in [-0.3, -0.25) is 0 Å². The molecule has 0 bridgehead atoms. The summed E-state index contributed by atoms with van der Waals surface area (Å²) in [5, 5.41) is 0. The number of piperidine rings is 1. The number of imidazole rings is 1. The zero-order chi connectivity index (χ0) is 14.8. The van der Waals surface area contributed by atoms with Gasteiger partial charge in [0.1, 0.15) is 5.82 Å². The summed E-state index contributed by atoms with van der Waals surface area (Å²) in [7, 11) is 2.22. The Balaban J connectivity index is 1.94. The van der Waals surface area contributed by atoms with Gasteiger partial charge < -0.3 is 9.47 Å². The summed E-state index contributed by atoms with van der Waals surface area (Å²) < 4.78 is 2.41. The standard InChI is InChI=1S/C17H24ClN3/c1-13-5-6-15-16(10-13)21(17(19-15)7-8-18)12-14-4-3-9-20(2)11-14/h5-6,10,14H,3-4,7-9,11-12H2,1-2H3. The number of aryl methyl sites for hydroxylation is 2. The highest BCUT2D eigenvalue weighted by atomic mass is 35.5. The van der Waals surface area contributed by atoms with Crippen molar-refractivity contribution in [3.63, 3.8) is 0 Å². The Kier molecular flexibility index (Phi) is 4.51. The van der Waals surface area contributed by atoms with Crippen molar-refractivity contribution in [2.24, 2.45) is 5.92 Å². The number of hydrogen-bond donors (Lipinski definition) is 0. The van der Waals surface area contributed by atoms with Crippen LogP contribution >= 0.6 is 11.6 Å². The van der Waals surface area contributed by atoms with Crippen LogP contribution in [0.25, 0.3) is 11.0 Å². The smallest absolute Gasteiger partial charge is 0.111 e. The van der Waals surface area contributed by atoms with E-state index in [-0.39, 0.29) is 0 Å². The Morgan fingerprint density at radius 3 is 3.00 bits per heavy atom. The number of aromatic nitrogens is 2. The van der Waals surface area contributed by atoms with Gasteiger partial charge in [-0.25, -0.2) is 4.98 Å². The lowest BCUT2D eigenvalue weighted by Gasteiger charge is -2.30. The van der Waals surface area contributed by atoms with Crippen molar-refractivity contribution in [1.82, 2.24) is 14.5 Å². The Morgan fingerprint density at radius 1 is 1.38 bits per heavy atom. The average molecular weight is 306 g/mol. The average Bonchev–Trinajstić information content (AvgIpc) is 2.77. The SMILES string of the molecule is Cc1ccc2nc(CCCl)n(CC3CCCN(C)C3)c2c1. The molecule has 1 aliphatic heterocycles. The summed E-state index contributed by atoms with van der Waals surface area (Å²) in [6, 6.07) is 6.52. The van der Waals surface area contributed by atoms with Crippen molar-refractivity contribution in [3.05, 3.63) is 29.6 Å². The number of rotatable bonds is 4. The number of alkyl halides is 1. The number of hydrogen-bond acceptors (Lipinski definition) is 2. The third kappa shape index (κ3) is 3.24. The first-order valence-electron chi connectivity index (χ1n) is 7.87. The van der Waals surface area contributed by atoms with Crippen LogP contribution in [0.15, 0.2) is 18.2 Å². The highest BCUT2D eigenvalue weighted by molar-refractivity contribution is 6.17. The van der Waals surface area contributed by atoms with Crippen LogP contribution in [0.1, 0.15) is 24.2 Å². The van der Waals surface area contributed by atoms with E-state index in [9.17, 15) is 0 Å². The van der Waals surface area contributed by atoms with Gasteiger partial charge >= 0.3 is 0 Å². The maximum Gasteiger partial charge on any atom is 0.111 e. The minimum atomic E-state index is 0.632. The minimum absolute atomic E-state index is 0.632. The fourth-order valence-corrected chi connectivity index (χ4v) is 3.61. The van der Waals surface area contributed by atoms with Gasteiger partial charge in [0.15, 0.2) is 0 Å². The molecule has 1 aliphatic rings. The number of fused-ring (bicyclic) bond motifs is 1. The van der Waals surface area contributed by atoms with E-state index in [1.165, 1.54) is 37.0 Å². The number of likely N-dealkylation sites (tertiary alicyclic amines) is 1. The molecule has 0 amide bonds. The highest BCUT2D eigenvalue weighted by Crippen LogP contribution is 2.23. The monoisotopic (exact) mass is 305 g/mol. The lowest BCUT2D eigenvalue weighted by atomic mass is 9.98. The second-order valence-electron chi connectivity index (χ2n) is 6.34. The summed E-state index contributed by atoms with van der Waals surface area (Å²) in [4.78, 5) is 7.24. The number of halogens is 1. The first-order valence-corrected chi connectivity index (χ1v) is 8.41. The molecule has 0 radical (unpaired) electrons. The molecule has 2 heterocycles. The third-order valence-corrected chi connectivity index (χ3v) is 4.65. The first kappa shape index (κ1) is 14.9. The summed E-state index contributed by atoms with van der Waals surface area (Å²) in [5.74, 6) is 2.49. The van der Waals surface area contributed by atoms with Gasteiger partial charge in [-0.2, -0.15) is 0 Å². The van der Waals surface area contributed by atoms with Crippen LogP contribution in [-0.4, -0.2) is 40.5 Å². The van der Waals surface area contributed by atoms with Crippen molar-refractivity contribution in [1.29, 1.82) is 0 Å². The molecule has 1 unspecified atom stereocenters. The predicted octanol–water partition coefficient (Wildman–Crippen LogP) is 3.47. The highest BCUT2D eigenvalue weighted by Gasteiger charge is 2.20. The zero-order valence-corrected chi connectivity index (χ0v) is 13.7. The Labute approximate surface area is 131 Å². The second kappa shape index (κ2) is 6.37. The fourth-order valence-electron chi connectivity index (χ4n) is 3.44. The predicted molar refractivity (Wildman–Crippen MR) is 89.1 cm³/mol. The van der Waals surface area contributed by atoms with Crippen LogP contribution in [0.4, 0.5) is 0 Å². The van der Waals surface area contributed by atoms with Gasteiger partial charge in [0.2, 0.25) is 0 Å². The van der Waals surface area contributed by atoms with Gasteiger partial charge in [0.25, 0.3) is 0 Å². The lowest BCUT2D eigenvalue weighted by Crippen LogP contribution is -2.34. The van der Waals surface area contributed by atoms with Gasteiger partial charge in [-0.15, -0.1) is 11.6 Å². The Hall–Kier alpha value is -1.06. The van der Waals surface area contributed by atoms with E-state index in [1.54, 1.807) is 0 Å². The molecule has 2 aromatic rings. The molecular weight excluding hydrogens is 282 g/mol. The fraction of sp³-hybridized carbons (Fsp3) is 0.588. The van der Waals surface area contributed by atoms with Crippen molar-refractivity contribution >= 4 is 22.6 Å². The van der Waals surface area contributed by atoms with Crippen molar-refractivity contribution in [2.45, 2.75) is 32.7 Å². The van der Waals surface area contributed by atoms with Gasteiger partial charge in [0.05, 0.1) is 11.0 Å². The van der Waals surface area contributed by atoms with Crippen molar-refractivity contribution in [2.75, 3.05) is 26.0 Å². The molecule has 1 aromatic carbocycles. The Morgan fingerprint density at radius 2 is 2.24 bits per heavy atom. The normalized spacial score (nSPS) is 20.2. The minimum Gasteiger partial charge on any atom is -0.328 e. The summed E-state index contributed by atoms with van der Waals surface area (Å²) >= 11 is 5.97. The number of benzene rings is 1. The second-order valence-corrected chi connectivity index (χ2v) is 6.72. The molecular formula is C17H24ClN3. The maximum atomic E-state index is 5.97. The molecule has 1 fully saturated rings. The molecule has 1 atom stereocenters.